The van der Waals surface area contributed by atoms with Gasteiger partial charge in [0.2, 0.25) is 5.28 Å². The van der Waals surface area contributed by atoms with Crippen LogP contribution < -0.4 is 0 Å². The predicted octanol–water partition coefficient (Wildman–Crippen LogP) is 2.54. The molecule has 0 aliphatic rings. The molecule has 3 aromatic rings. The first kappa shape index (κ1) is 10.7. The Kier molecular flexibility index (Phi) is 2.43. The molecule has 18 heavy (non-hydrogen) atoms. The van der Waals surface area contributed by atoms with E-state index in [1.165, 1.54) is 6.20 Å². The smallest absolute Gasteiger partial charge is 0.223 e. The normalized spacial score (nSPS) is 10.4. The molecular formula is C12H6ClN5. The molecule has 6 heteroatoms. The van der Waals surface area contributed by atoms with Gasteiger partial charge in [0.25, 0.3) is 0 Å². The number of para-hydroxylation sites is 1. The summed E-state index contributed by atoms with van der Waals surface area (Å²) in [7, 11) is 0. The number of hydrogen-bond donors (Lipinski definition) is 1. The van der Waals surface area contributed by atoms with Crippen LogP contribution in [-0.4, -0.2) is 20.2 Å². The Morgan fingerprint density at radius 1 is 1.22 bits per heavy atom. The van der Waals surface area contributed by atoms with Crippen molar-refractivity contribution >= 4 is 22.5 Å². The number of H-pyrrole nitrogens is 1. The maximum absolute atomic E-state index is 9.07. The average Bonchev–Trinajstić information content (AvgIpc) is 2.82. The fraction of sp³-hybridized carbons (Fsp3) is 0. The first-order valence-electron chi connectivity index (χ1n) is 5.15. The number of aromatic amines is 1. The van der Waals surface area contributed by atoms with E-state index in [2.05, 4.69) is 20.2 Å². The van der Waals surface area contributed by atoms with Crippen LogP contribution in [0.15, 0.2) is 30.5 Å². The molecule has 3 rings (SSSR count). The molecule has 0 amide bonds. The maximum atomic E-state index is 9.07. The van der Waals surface area contributed by atoms with Crippen LogP contribution in [0.5, 0.6) is 0 Å². The summed E-state index contributed by atoms with van der Waals surface area (Å²) in [6.45, 7) is 0. The van der Waals surface area contributed by atoms with Crippen LogP contribution in [0.3, 0.4) is 0 Å². The summed E-state index contributed by atoms with van der Waals surface area (Å²) < 4.78 is 0. The summed E-state index contributed by atoms with van der Waals surface area (Å²) in [5.41, 5.74) is 2.27. The van der Waals surface area contributed by atoms with Crippen molar-refractivity contribution in [3.8, 4) is 17.5 Å². The summed E-state index contributed by atoms with van der Waals surface area (Å²) in [6.07, 6.45) is 1.40. The summed E-state index contributed by atoms with van der Waals surface area (Å²) in [6, 6.07) is 9.65. The van der Waals surface area contributed by atoms with E-state index in [1.54, 1.807) is 0 Å². The van der Waals surface area contributed by atoms with Gasteiger partial charge in [-0.05, 0) is 17.7 Å². The van der Waals surface area contributed by atoms with Gasteiger partial charge in [0, 0.05) is 5.39 Å². The van der Waals surface area contributed by atoms with Crippen molar-refractivity contribution < 1.29 is 0 Å². The minimum atomic E-state index is 0.0936. The Bertz CT molecular complexity index is 771. The van der Waals surface area contributed by atoms with Gasteiger partial charge >= 0.3 is 0 Å². The summed E-state index contributed by atoms with van der Waals surface area (Å²) in [5, 5.41) is 17.1. The molecule has 0 saturated carbocycles. The molecule has 1 N–H and O–H groups in total. The number of fused-ring (bicyclic) bond motifs is 1. The molecule has 0 radical (unpaired) electrons. The molecule has 2 heterocycles. The largest absolute Gasteiger partial charge is 0.277 e. The fourth-order valence-electron chi connectivity index (χ4n) is 1.77. The molecule has 0 unspecified atom stereocenters. The molecule has 0 saturated heterocycles. The zero-order valence-electron chi connectivity index (χ0n) is 9.05. The third kappa shape index (κ3) is 1.60. The second-order valence-corrected chi connectivity index (χ2v) is 3.97. The van der Waals surface area contributed by atoms with Gasteiger partial charge in [-0.3, -0.25) is 5.10 Å². The molecule has 86 valence electrons. The zero-order valence-corrected chi connectivity index (χ0v) is 9.81. The van der Waals surface area contributed by atoms with Crippen LogP contribution in [0.4, 0.5) is 0 Å². The molecule has 0 atom stereocenters. The quantitative estimate of drug-likeness (QED) is 0.678. The van der Waals surface area contributed by atoms with Crippen LogP contribution in [0.2, 0.25) is 5.28 Å². The van der Waals surface area contributed by atoms with E-state index in [9.17, 15) is 0 Å². The van der Waals surface area contributed by atoms with Crippen LogP contribution in [0, 0.1) is 11.3 Å². The molecule has 0 fully saturated rings. The number of nitrogens with zero attached hydrogens (tertiary/aromatic N) is 4. The SMILES string of the molecule is N#Cc1cnc(Cl)nc1-c1n[nH]c2ccccc12. The van der Waals surface area contributed by atoms with Gasteiger partial charge in [0.1, 0.15) is 17.5 Å². The van der Waals surface area contributed by atoms with Crippen molar-refractivity contribution in [2.75, 3.05) is 0 Å². The maximum Gasteiger partial charge on any atom is 0.223 e. The molecule has 5 nitrogen and oxygen atoms in total. The van der Waals surface area contributed by atoms with Gasteiger partial charge in [-0.15, -0.1) is 0 Å². The van der Waals surface area contributed by atoms with Crippen LogP contribution in [-0.2, 0) is 0 Å². The number of nitriles is 1. The molecular weight excluding hydrogens is 250 g/mol. The lowest BCUT2D eigenvalue weighted by molar-refractivity contribution is 1.09. The topological polar surface area (TPSA) is 78.2 Å². The van der Waals surface area contributed by atoms with Crippen molar-refractivity contribution in [2.45, 2.75) is 0 Å². The van der Waals surface area contributed by atoms with Gasteiger partial charge in [0.05, 0.1) is 17.3 Å². The number of aromatic nitrogens is 4. The summed E-state index contributed by atoms with van der Waals surface area (Å²) in [4.78, 5) is 7.88. The van der Waals surface area contributed by atoms with Crippen LogP contribution in [0.25, 0.3) is 22.3 Å². The van der Waals surface area contributed by atoms with Gasteiger partial charge in [-0.2, -0.15) is 10.4 Å². The lowest BCUT2D eigenvalue weighted by atomic mass is 10.1. The Hall–Kier alpha value is -2.45. The first-order chi connectivity index (χ1) is 8.79. The number of hydrogen-bond acceptors (Lipinski definition) is 4. The summed E-state index contributed by atoms with van der Waals surface area (Å²) in [5.74, 6) is 0. The predicted molar refractivity (Wildman–Crippen MR) is 66.8 cm³/mol. The fourth-order valence-corrected chi connectivity index (χ4v) is 1.90. The van der Waals surface area contributed by atoms with Gasteiger partial charge in [0.15, 0.2) is 0 Å². The minimum absolute atomic E-state index is 0.0936. The molecule has 0 aliphatic heterocycles. The van der Waals surface area contributed by atoms with E-state index in [4.69, 9.17) is 16.9 Å². The van der Waals surface area contributed by atoms with Crippen molar-refractivity contribution in [1.29, 1.82) is 5.26 Å². The van der Waals surface area contributed by atoms with E-state index in [0.29, 0.717) is 17.0 Å². The number of halogens is 1. The highest BCUT2D eigenvalue weighted by molar-refractivity contribution is 6.28. The first-order valence-corrected chi connectivity index (χ1v) is 5.53. The van der Waals surface area contributed by atoms with E-state index in [1.807, 2.05) is 30.3 Å². The molecule has 0 spiro atoms. The average molecular weight is 256 g/mol. The lowest BCUT2D eigenvalue weighted by Gasteiger charge is -1.99. The van der Waals surface area contributed by atoms with Crippen LogP contribution in [0.1, 0.15) is 5.56 Å². The molecule has 0 bridgehead atoms. The van der Waals surface area contributed by atoms with E-state index in [0.717, 1.165) is 10.9 Å². The van der Waals surface area contributed by atoms with Gasteiger partial charge < -0.3 is 0 Å². The van der Waals surface area contributed by atoms with Crippen molar-refractivity contribution in [1.82, 2.24) is 20.2 Å². The molecule has 0 aliphatic carbocycles. The highest BCUT2D eigenvalue weighted by Gasteiger charge is 2.14. The molecule has 1 aromatic carbocycles. The zero-order chi connectivity index (χ0) is 12.5. The van der Waals surface area contributed by atoms with Crippen molar-refractivity contribution in [3.05, 3.63) is 41.3 Å². The number of benzene rings is 1. The van der Waals surface area contributed by atoms with Crippen molar-refractivity contribution in [3.63, 3.8) is 0 Å². The second-order valence-electron chi connectivity index (χ2n) is 3.63. The van der Waals surface area contributed by atoms with Crippen molar-refractivity contribution in [2.24, 2.45) is 0 Å². The number of rotatable bonds is 1. The lowest BCUT2D eigenvalue weighted by Crippen LogP contribution is -1.93. The summed E-state index contributed by atoms with van der Waals surface area (Å²) >= 11 is 5.77. The number of nitrogens with one attached hydrogen (secondary N) is 1. The highest BCUT2D eigenvalue weighted by Crippen LogP contribution is 2.27. The standard InChI is InChI=1S/C12H6ClN5/c13-12-15-6-7(5-14)10(16-12)11-8-3-1-2-4-9(8)17-18-11/h1-4,6H,(H,17,18). The Morgan fingerprint density at radius 3 is 2.89 bits per heavy atom. The van der Waals surface area contributed by atoms with Gasteiger partial charge in [-0.25, -0.2) is 9.97 Å². The molecule has 2 aromatic heterocycles. The minimum Gasteiger partial charge on any atom is -0.277 e. The third-order valence-electron chi connectivity index (χ3n) is 2.57. The van der Waals surface area contributed by atoms with E-state index in [-0.39, 0.29) is 5.28 Å². The highest BCUT2D eigenvalue weighted by atomic mass is 35.5. The van der Waals surface area contributed by atoms with Crippen LogP contribution >= 0.6 is 11.6 Å². The third-order valence-corrected chi connectivity index (χ3v) is 2.76. The van der Waals surface area contributed by atoms with Gasteiger partial charge in [-0.1, -0.05) is 18.2 Å². The monoisotopic (exact) mass is 255 g/mol. The second kappa shape index (κ2) is 4.09. The Morgan fingerprint density at radius 2 is 2.06 bits per heavy atom. The Labute approximate surface area is 107 Å². The van der Waals surface area contributed by atoms with E-state index < -0.39 is 0 Å². The Balaban J connectivity index is 2.33. The van der Waals surface area contributed by atoms with E-state index >= 15 is 0 Å².